The average Bonchev–Trinajstić information content (AvgIpc) is 2.90. The monoisotopic (exact) mass is 279 g/mol. The molecule has 1 atom stereocenters. The molecule has 2 heterocycles. The van der Waals surface area contributed by atoms with E-state index in [0.717, 1.165) is 31.0 Å². The predicted molar refractivity (Wildman–Crippen MR) is 76.6 cm³/mol. The van der Waals surface area contributed by atoms with Gasteiger partial charge in [-0.1, -0.05) is 35.0 Å². The van der Waals surface area contributed by atoms with Crippen molar-refractivity contribution in [3.8, 4) is 11.4 Å². The zero-order valence-corrected chi connectivity index (χ0v) is 11.7. The van der Waals surface area contributed by atoms with Gasteiger partial charge in [0, 0.05) is 12.1 Å². The fourth-order valence-electron chi connectivity index (χ4n) is 2.28. The van der Waals surface area contributed by atoms with Crippen LogP contribution in [0.25, 0.3) is 11.4 Å². The Labute approximate surface area is 119 Å². The molecule has 1 aliphatic heterocycles. The molecule has 2 aromatic rings. The van der Waals surface area contributed by atoms with E-state index in [1.54, 1.807) is 0 Å². The highest BCUT2D eigenvalue weighted by Gasteiger charge is 2.21. The molecule has 19 heavy (non-hydrogen) atoms. The Balaban J connectivity index is 0.00000133. The number of aromatic nitrogens is 2. The van der Waals surface area contributed by atoms with Crippen LogP contribution in [-0.4, -0.2) is 23.2 Å². The Morgan fingerprint density at radius 1 is 1.26 bits per heavy atom. The van der Waals surface area contributed by atoms with E-state index in [9.17, 15) is 0 Å². The largest absolute Gasteiger partial charge is 0.339 e. The van der Waals surface area contributed by atoms with Crippen molar-refractivity contribution in [2.75, 3.05) is 13.1 Å². The molecule has 1 aromatic heterocycles. The van der Waals surface area contributed by atoms with Crippen molar-refractivity contribution in [1.82, 2.24) is 15.5 Å². The summed E-state index contributed by atoms with van der Waals surface area (Å²) in [4.78, 5) is 4.52. The summed E-state index contributed by atoms with van der Waals surface area (Å²) in [6.45, 7) is 4.10. The van der Waals surface area contributed by atoms with E-state index in [4.69, 9.17) is 4.52 Å². The summed E-state index contributed by atoms with van der Waals surface area (Å²) in [6.07, 6.45) is 2.30. The number of nitrogens with one attached hydrogen (secondary N) is 1. The van der Waals surface area contributed by atoms with Gasteiger partial charge in [0.25, 0.3) is 0 Å². The molecule has 3 rings (SSSR count). The van der Waals surface area contributed by atoms with Crippen LogP contribution in [-0.2, 0) is 0 Å². The van der Waals surface area contributed by atoms with Crippen molar-refractivity contribution >= 4 is 12.4 Å². The molecule has 1 unspecified atom stereocenters. The maximum Gasteiger partial charge on any atom is 0.231 e. The van der Waals surface area contributed by atoms with Crippen molar-refractivity contribution in [2.24, 2.45) is 0 Å². The van der Waals surface area contributed by atoms with Crippen molar-refractivity contribution in [1.29, 1.82) is 0 Å². The van der Waals surface area contributed by atoms with E-state index in [1.807, 2.05) is 12.1 Å². The maximum atomic E-state index is 5.39. The van der Waals surface area contributed by atoms with Crippen LogP contribution in [0.4, 0.5) is 0 Å². The Bertz CT molecular complexity index is 518. The molecule has 1 saturated heterocycles. The van der Waals surface area contributed by atoms with E-state index in [-0.39, 0.29) is 12.4 Å². The van der Waals surface area contributed by atoms with E-state index in [2.05, 4.69) is 34.5 Å². The number of piperidine rings is 1. The van der Waals surface area contributed by atoms with Gasteiger partial charge in [-0.05, 0) is 26.3 Å². The second-order valence-corrected chi connectivity index (χ2v) is 4.87. The lowest BCUT2D eigenvalue weighted by molar-refractivity contribution is 0.322. The van der Waals surface area contributed by atoms with Crippen LogP contribution in [0.3, 0.4) is 0 Å². The van der Waals surface area contributed by atoms with E-state index < -0.39 is 0 Å². The standard InChI is InChI=1S/C14H17N3O.ClH/c1-10-4-6-11(7-5-10)13-16-14(18-17-13)12-3-2-8-15-9-12;/h4-7,12,15H,2-3,8-9H2,1H3;1H. The SMILES string of the molecule is Cc1ccc(-c2noc(C3CCCNC3)n2)cc1.Cl. The number of rotatable bonds is 2. The van der Waals surface area contributed by atoms with Crippen molar-refractivity contribution in [2.45, 2.75) is 25.7 Å². The zero-order chi connectivity index (χ0) is 12.4. The third-order valence-corrected chi connectivity index (χ3v) is 3.40. The first-order valence-corrected chi connectivity index (χ1v) is 6.44. The quantitative estimate of drug-likeness (QED) is 0.918. The van der Waals surface area contributed by atoms with Gasteiger partial charge >= 0.3 is 0 Å². The van der Waals surface area contributed by atoms with Crippen LogP contribution >= 0.6 is 12.4 Å². The normalized spacial score (nSPS) is 18.9. The van der Waals surface area contributed by atoms with Crippen LogP contribution in [0.2, 0.25) is 0 Å². The third-order valence-electron chi connectivity index (χ3n) is 3.40. The molecule has 0 amide bonds. The van der Waals surface area contributed by atoms with E-state index in [0.29, 0.717) is 11.7 Å². The van der Waals surface area contributed by atoms with Gasteiger partial charge in [-0.2, -0.15) is 4.98 Å². The fraction of sp³-hybridized carbons (Fsp3) is 0.429. The number of aryl methyl sites for hydroxylation is 1. The van der Waals surface area contributed by atoms with Crippen molar-refractivity contribution in [3.63, 3.8) is 0 Å². The van der Waals surface area contributed by atoms with Gasteiger partial charge in [0.15, 0.2) is 0 Å². The Morgan fingerprint density at radius 3 is 2.74 bits per heavy atom. The fourth-order valence-corrected chi connectivity index (χ4v) is 2.28. The molecule has 1 fully saturated rings. The molecule has 0 spiro atoms. The molecule has 0 aliphatic carbocycles. The van der Waals surface area contributed by atoms with Gasteiger partial charge in [0.2, 0.25) is 11.7 Å². The minimum absolute atomic E-state index is 0. The molecule has 1 N–H and O–H groups in total. The lowest BCUT2D eigenvalue weighted by Gasteiger charge is -2.18. The Hall–Kier alpha value is -1.39. The lowest BCUT2D eigenvalue weighted by atomic mass is 10.00. The number of halogens is 1. The van der Waals surface area contributed by atoms with Gasteiger partial charge in [-0.3, -0.25) is 0 Å². The Kier molecular flexibility index (Phi) is 4.56. The number of hydrogen-bond acceptors (Lipinski definition) is 4. The highest BCUT2D eigenvalue weighted by Crippen LogP contribution is 2.24. The van der Waals surface area contributed by atoms with Crippen LogP contribution in [0.1, 0.15) is 30.2 Å². The highest BCUT2D eigenvalue weighted by atomic mass is 35.5. The summed E-state index contributed by atoms with van der Waals surface area (Å²) in [5, 5.41) is 7.44. The summed E-state index contributed by atoms with van der Waals surface area (Å²) in [5.41, 5.74) is 2.25. The summed E-state index contributed by atoms with van der Waals surface area (Å²) in [5.74, 6) is 1.82. The lowest BCUT2D eigenvalue weighted by Crippen LogP contribution is -2.28. The molecule has 0 radical (unpaired) electrons. The summed E-state index contributed by atoms with van der Waals surface area (Å²) in [7, 11) is 0. The molecule has 4 nitrogen and oxygen atoms in total. The summed E-state index contributed by atoms with van der Waals surface area (Å²) >= 11 is 0. The second-order valence-electron chi connectivity index (χ2n) is 4.87. The van der Waals surface area contributed by atoms with Crippen LogP contribution < -0.4 is 5.32 Å². The van der Waals surface area contributed by atoms with Gasteiger partial charge < -0.3 is 9.84 Å². The second kappa shape index (κ2) is 6.17. The molecular formula is C14H18ClN3O. The number of benzene rings is 1. The van der Waals surface area contributed by atoms with Crippen molar-refractivity contribution < 1.29 is 4.52 Å². The first kappa shape index (κ1) is 14.0. The van der Waals surface area contributed by atoms with Gasteiger partial charge in [0.1, 0.15) is 0 Å². The van der Waals surface area contributed by atoms with Crippen LogP contribution in [0.15, 0.2) is 28.8 Å². The third kappa shape index (κ3) is 3.14. The molecule has 1 aromatic carbocycles. The summed E-state index contributed by atoms with van der Waals surface area (Å²) in [6, 6.07) is 8.19. The van der Waals surface area contributed by atoms with E-state index >= 15 is 0 Å². The van der Waals surface area contributed by atoms with Gasteiger partial charge in [0.05, 0.1) is 5.92 Å². The van der Waals surface area contributed by atoms with Gasteiger partial charge in [-0.15, -0.1) is 12.4 Å². The first-order valence-electron chi connectivity index (χ1n) is 6.44. The van der Waals surface area contributed by atoms with Crippen LogP contribution in [0.5, 0.6) is 0 Å². The minimum atomic E-state index is 0. The maximum absolute atomic E-state index is 5.39. The topological polar surface area (TPSA) is 51.0 Å². The smallest absolute Gasteiger partial charge is 0.231 e. The van der Waals surface area contributed by atoms with Gasteiger partial charge in [-0.25, -0.2) is 0 Å². The van der Waals surface area contributed by atoms with E-state index in [1.165, 1.54) is 12.0 Å². The summed E-state index contributed by atoms with van der Waals surface area (Å²) < 4.78 is 5.39. The zero-order valence-electron chi connectivity index (χ0n) is 10.9. The number of nitrogens with zero attached hydrogens (tertiary/aromatic N) is 2. The Morgan fingerprint density at radius 2 is 2.05 bits per heavy atom. The molecule has 1 aliphatic rings. The minimum Gasteiger partial charge on any atom is -0.339 e. The molecule has 0 saturated carbocycles. The van der Waals surface area contributed by atoms with Crippen molar-refractivity contribution in [3.05, 3.63) is 35.7 Å². The average molecular weight is 280 g/mol. The predicted octanol–water partition coefficient (Wildman–Crippen LogP) is 2.93. The molecular weight excluding hydrogens is 262 g/mol. The highest BCUT2D eigenvalue weighted by molar-refractivity contribution is 5.85. The molecule has 5 heteroatoms. The number of hydrogen-bond donors (Lipinski definition) is 1. The van der Waals surface area contributed by atoms with Crippen LogP contribution in [0, 0.1) is 6.92 Å². The molecule has 102 valence electrons. The first-order chi connectivity index (χ1) is 8.83. The molecule has 0 bridgehead atoms.